The lowest BCUT2D eigenvalue weighted by molar-refractivity contribution is -0.130. The van der Waals surface area contributed by atoms with Crippen LogP contribution < -0.4 is 10.3 Å². The summed E-state index contributed by atoms with van der Waals surface area (Å²) in [6, 6.07) is 18.0. The van der Waals surface area contributed by atoms with Gasteiger partial charge in [-0.1, -0.05) is 48.5 Å². The molecule has 3 aliphatic rings. The Hall–Kier alpha value is -3.17. The van der Waals surface area contributed by atoms with Crippen molar-refractivity contribution in [3.63, 3.8) is 0 Å². The fourth-order valence-corrected chi connectivity index (χ4v) is 6.25. The lowest BCUT2D eigenvalue weighted by Crippen LogP contribution is -2.49. The quantitative estimate of drug-likeness (QED) is 0.748. The minimum absolute atomic E-state index is 0.172. The second kappa shape index (κ2) is 8.31. The number of nitrogens with zero attached hydrogens (tertiary/aromatic N) is 3. The minimum atomic E-state index is -1.10. The minimum Gasteiger partial charge on any atom is -0.447 e. The maximum atomic E-state index is 14.2. The average Bonchev–Trinajstić information content (AvgIpc) is 3.51. The highest BCUT2D eigenvalue weighted by Gasteiger charge is 2.67. The van der Waals surface area contributed by atoms with E-state index in [1.54, 1.807) is 0 Å². The van der Waals surface area contributed by atoms with Gasteiger partial charge in [-0.2, -0.15) is 10.1 Å². The molecule has 0 radical (unpaired) electrons. The molecule has 2 saturated heterocycles. The maximum Gasteiger partial charge on any atom is 0.416 e. The van der Waals surface area contributed by atoms with Crippen molar-refractivity contribution in [3.05, 3.63) is 66.2 Å². The normalized spacial score (nSPS) is 29.0. The van der Waals surface area contributed by atoms with Gasteiger partial charge in [0.2, 0.25) is 5.91 Å². The van der Waals surface area contributed by atoms with Gasteiger partial charge in [0.25, 0.3) is 5.91 Å². The molecule has 1 unspecified atom stereocenters. The van der Waals surface area contributed by atoms with Gasteiger partial charge in [-0.3, -0.25) is 14.9 Å². The van der Waals surface area contributed by atoms with Gasteiger partial charge in [-0.15, -0.1) is 11.8 Å². The van der Waals surface area contributed by atoms with Crippen molar-refractivity contribution in [1.82, 2.24) is 10.2 Å². The first-order valence-corrected chi connectivity index (χ1v) is 12.1. The monoisotopic (exact) mass is 464 g/mol. The van der Waals surface area contributed by atoms with Crippen LogP contribution in [0.1, 0.15) is 18.4 Å². The summed E-state index contributed by atoms with van der Waals surface area (Å²) in [6.07, 6.45) is 1.26. The number of thioether (sulfide) groups is 1. The first-order valence-electron chi connectivity index (χ1n) is 10.8. The Balaban J connectivity index is 1.65. The Kier molecular flexibility index (Phi) is 5.46. The smallest absolute Gasteiger partial charge is 0.416 e. The number of cyclic esters (lactones) is 1. The fraction of sp³-hybridized carbons (Fsp3) is 0.333. The molecule has 0 aromatic heterocycles. The van der Waals surface area contributed by atoms with Crippen molar-refractivity contribution < 1.29 is 19.1 Å². The van der Waals surface area contributed by atoms with Crippen LogP contribution in [0.25, 0.3) is 0 Å². The highest BCUT2D eigenvalue weighted by molar-refractivity contribution is 7.99. The lowest BCUT2D eigenvalue weighted by atomic mass is 9.68. The number of anilines is 1. The second-order valence-electron chi connectivity index (χ2n) is 8.26. The highest BCUT2D eigenvalue weighted by Crippen LogP contribution is 2.54. The van der Waals surface area contributed by atoms with Crippen LogP contribution in [0.15, 0.2) is 65.8 Å². The predicted octanol–water partition coefficient (Wildman–Crippen LogP) is 2.82. The van der Waals surface area contributed by atoms with E-state index in [-0.39, 0.29) is 25.0 Å². The molecule has 33 heavy (non-hydrogen) atoms. The molecule has 0 bridgehead atoms. The van der Waals surface area contributed by atoms with Crippen molar-refractivity contribution in [1.29, 1.82) is 0 Å². The Labute approximate surface area is 196 Å². The largest absolute Gasteiger partial charge is 0.447 e. The number of benzene rings is 2. The zero-order valence-corrected chi connectivity index (χ0v) is 19.1. The molecule has 3 aliphatic heterocycles. The molecule has 4 atom stereocenters. The number of hydrogen-bond acceptors (Lipinski definition) is 7. The SMILES string of the molecule is CSC1N[C@H](C(=O)N2CCOC2=O)[C@H](c2ccccc2)[C@]12C(=O)N(c1ccccc1)N=C2C. The molecule has 0 saturated carbocycles. The average molecular weight is 465 g/mol. The van der Waals surface area contributed by atoms with Crippen LogP contribution in [-0.4, -0.2) is 59.3 Å². The number of imide groups is 1. The second-order valence-corrected chi connectivity index (χ2v) is 9.20. The van der Waals surface area contributed by atoms with Crippen molar-refractivity contribution in [3.8, 4) is 0 Å². The van der Waals surface area contributed by atoms with E-state index >= 15 is 0 Å². The predicted molar refractivity (Wildman–Crippen MR) is 126 cm³/mol. The third-order valence-corrected chi connectivity index (χ3v) is 7.63. The van der Waals surface area contributed by atoms with Crippen LogP contribution in [0, 0.1) is 5.41 Å². The lowest BCUT2D eigenvalue weighted by Gasteiger charge is -2.35. The topological polar surface area (TPSA) is 91.3 Å². The summed E-state index contributed by atoms with van der Waals surface area (Å²) >= 11 is 1.47. The summed E-state index contributed by atoms with van der Waals surface area (Å²) < 4.78 is 5.01. The van der Waals surface area contributed by atoms with Crippen LogP contribution in [-0.2, 0) is 14.3 Å². The van der Waals surface area contributed by atoms with Gasteiger partial charge in [-0.25, -0.2) is 9.69 Å². The van der Waals surface area contributed by atoms with Gasteiger partial charge < -0.3 is 4.74 Å². The molecule has 9 heteroatoms. The number of amides is 3. The Bertz CT molecular complexity index is 1130. The summed E-state index contributed by atoms with van der Waals surface area (Å²) in [4.78, 5) is 41.1. The number of carbonyl (C=O) groups is 3. The van der Waals surface area contributed by atoms with Gasteiger partial charge >= 0.3 is 6.09 Å². The van der Waals surface area contributed by atoms with E-state index in [1.165, 1.54) is 16.8 Å². The molecule has 2 aromatic carbocycles. The molecule has 170 valence electrons. The molecule has 3 heterocycles. The van der Waals surface area contributed by atoms with E-state index in [0.29, 0.717) is 11.4 Å². The van der Waals surface area contributed by atoms with Crippen LogP contribution in [0.3, 0.4) is 0 Å². The number of nitrogens with one attached hydrogen (secondary N) is 1. The highest BCUT2D eigenvalue weighted by atomic mass is 32.2. The van der Waals surface area contributed by atoms with Gasteiger partial charge in [0.15, 0.2) is 0 Å². The van der Waals surface area contributed by atoms with E-state index in [2.05, 4.69) is 10.4 Å². The summed E-state index contributed by atoms with van der Waals surface area (Å²) in [6.45, 7) is 2.22. The van der Waals surface area contributed by atoms with Gasteiger partial charge in [-0.05, 0) is 30.9 Å². The molecule has 8 nitrogen and oxygen atoms in total. The van der Waals surface area contributed by atoms with Crippen LogP contribution in [0.2, 0.25) is 0 Å². The summed E-state index contributed by atoms with van der Waals surface area (Å²) in [7, 11) is 0. The maximum absolute atomic E-state index is 14.2. The first kappa shape index (κ1) is 21.7. The summed E-state index contributed by atoms with van der Waals surface area (Å²) in [5, 5.41) is 9.09. The molecule has 1 N–H and O–H groups in total. The zero-order valence-electron chi connectivity index (χ0n) is 18.3. The van der Waals surface area contributed by atoms with E-state index in [1.807, 2.05) is 73.8 Å². The number of rotatable bonds is 4. The standard InChI is InChI=1S/C24H24N4O4S/c1-15-24(22(30)28(26-15)17-11-7-4-8-12-17)18(16-9-5-3-6-10-16)19(25-21(24)33-2)20(29)27-13-14-32-23(27)31/h3-12,18-19,21,25H,13-14H2,1-2H3/t18-,19-,21?,24-/m0/s1. The number of para-hydroxylation sites is 1. The van der Waals surface area contributed by atoms with E-state index in [4.69, 9.17) is 4.74 Å². The molecule has 2 aromatic rings. The number of hydrazone groups is 1. The number of hydrogen-bond donors (Lipinski definition) is 1. The zero-order chi connectivity index (χ0) is 23.2. The number of carbonyl (C=O) groups excluding carboxylic acids is 3. The summed E-state index contributed by atoms with van der Waals surface area (Å²) in [5.74, 6) is -1.13. The third kappa shape index (κ3) is 3.18. The molecule has 1 spiro atoms. The Morgan fingerprint density at radius 2 is 1.79 bits per heavy atom. The molecule has 5 rings (SSSR count). The van der Waals surface area contributed by atoms with Crippen molar-refractivity contribution in [2.75, 3.05) is 24.4 Å². The van der Waals surface area contributed by atoms with Gasteiger partial charge in [0.1, 0.15) is 12.0 Å². The molecule has 2 fully saturated rings. The van der Waals surface area contributed by atoms with Crippen LogP contribution in [0.5, 0.6) is 0 Å². The molecular formula is C24H24N4O4S. The molecular weight excluding hydrogens is 440 g/mol. The Morgan fingerprint density at radius 1 is 1.12 bits per heavy atom. The van der Waals surface area contributed by atoms with Crippen molar-refractivity contribution >= 4 is 41.1 Å². The Morgan fingerprint density at radius 3 is 2.39 bits per heavy atom. The van der Waals surface area contributed by atoms with Gasteiger partial charge in [0, 0.05) is 5.92 Å². The van der Waals surface area contributed by atoms with Crippen molar-refractivity contribution in [2.24, 2.45) is 10.5 Å². The van der Waals surface area contributed by atoms with Crippen LogP contribution in [0.4, 0.5) is 10.5 Å². The first-order chi connectivity index (χ1) is 16.0. The summed E-state index contributed by atoms with van der Waals surface area (Å²) in [5.41, 5.74) is 1.05. The number of ether oxygens (including phenoxy) is 1. The van der Waals surface area contributed by atoms with Crippen LogP contribution >= 0.6 is 11.8 Å². The van der Waals surface area contributed by atoms with E-state index in [0.717, 1.165) is 10.5 Å². The molecule has 3 amide bonds. The molecule has 0 aliphatic carbocycles. The van der Waals surface area contributed by atoms with E-state index < -0.39 is 28.8 Å². The van der Waals surface area contributed by atoms with E-state index in [9.17, 15) is 14.4 Å². The van der Waals surface area contributed by atoms with Gasteiger partial charge in [0.05, 0.1) is 29.4 Å². The fourth-order valence-electron chi connectivity index (χ4n) is 5.17. The third-order valence-electron chi connectivity index (χ3n) is 6.65. The van der Waals surface area contributed by atoms with Crippen molar-refractivity contribution in [2.45, 2.75) is 24.3 Å².